The number of sulfonamides is 1. The van der Waals surface area contributed by atoms with Crippen LogP contribution in [-0.2, 0) is 15.8 Å². The summed E-state index contributed by atoms with van der Waals surface area (Å²) < 4.78 is 37.3. The Morgan fingerprint density at radius 2 is 1.64 bits per heavy atom. The summed E-state index contributed by atoms with van der Waals surface area (Å²) in [7, 11) is -3.30. The molecule has 0 spiro atoms. The van der Waals surface area contributed by atoms with Crippen molar-refractivity contribution in [2.45, 2.75) is 18.6 Å². The Bertz CT molecular complexity index is 967. The van der Waals surface area contributed by atoms with Crippen LogP contribution in [-0.4, -0.2) is 44.9 Å². The SMILES string of the molecule is O=C(Nc1ccc2c(c1)OCCO2)c1ccc(CS(=O)(=O)N2CCCC2)cc1. The molecule has 0 unspecified atom stereocenters. The van der Waals surface area contributed by atoms with Gasteiger partial charge in [-0.25, -0.2) is 12.7 Å². The topological polar surface area (TPSA) is 84.9 Å². The first-order valence-corrected chi connectivity index (χ1v) is 10.9. The first kappa shape index (κ1) is 18.8. The van der Waals surface area contributed by atoms with Crippen molar-refractivity contribution in [3.05, 3.63) is 53.6 Å². The largest absolute Gasteiger partial charge is 0.486 e. The predicted molar refractivity (Wildman–Crippen MR) is 105 cm³/mol. The van der Waals surface area contributed by atoms with Gasteiger partial charge in [-0.3, -0.25) is 4.79 Å². The van der Waals surface area contributed by atoms with Gasteiger partial charge in [0, 0.05) is 30.4 Å². The van der Waals surface area contributed by atoms with Crippen molar-refractivity contribution in [2.24, 2.45) is 0 Å². The van der Waals surface area contributed by atoms with Crippen molar-refractivity contribution in [3.8, 4) is 11.5 Å². The molecule has 1 fully saturated rings. The molecule has 148 valence electrons. The van der Waals surface area contributed by atoms with Crippen molar-refractivity contribution in [1.29, 1.82) is 0 Å². The van der Waals surface area contributed by atoms with Crippen LogP contribution in [0.15, 0.2) is 42.5 Å². The van der Waals surface area contributed by atoms with Gasteiger partial charge in [-0.05, 0) is 42.7 Å². The number of hydrogen-bond acceptors (Lipinski definition) is 5. The lowest BCUT2D eigenvalue weighted by Crippen LogP contribution is -2.29. The van der Waals surface area contributed by atoms with Gasteiger partial charge in [-0.15, -0.1) is 0 Å². The molecule has 0 aliphatic carbocycles. The van der Waals surface area contributed by atoms with Gasteiger partial charge in [-0.2, -0.15) is 0 Å². The van der Waals surface area contributed by atoms with E-state index in [1.165, 1.54) is 4.31 Å². The van der Waals surface area contributed by atoms with Crippen LogP contribution in [0.2, 0.25) is 0 Å². The zero-order chi connectivity index (χ0) is 19.6. The first-order valence-electron chi connectivity index (χ1n) is 9.29. The highest BCUT2D eigenvalue weighted by atomic mass is 32.2. The third-order valence-corrected chi connectivity index (χ3v) is 6.67. The van der Waals surface area contributed by atoms with Crippen molar-refractivity contribution in [1.82, 2.24) is 4.31 Å². The summed E-state index contributed by atoms with van der Waals surface area (Å²) in [6, 6.07) is 11.9. The van der Waals surface area contributed by atoms with Gasteiger partial charge in [0.2, 0.25) is 10.0 Å². The van der Waals surface area contributed by atoms with Crippen LogP contribution in [0.3, 0.4) is 0 Å². The molecule has 0 aromatic heterocycles. The lowest BCUT2D eigenvalue weighted by Gasteiger charge is -2.19. The molecule has 4 rings (SSSR count). The van der Waals surface area contributed by atoms with Gasteiger partial charge in [-0.1, -0.05) is 12.1 Å². The molecule has 2 aromatic rings. The number of rotatable bonds is 5. The van der Waals surface area contributed by atoms with Crippen LogP contribution in [0, 0.1) is 0 Å². The van der Waals surface area contributed by atoms with Gasteiger partial charge in [0.15, 0.2) is 11.5 Å². The van der Waals surface area contributed by atoms with Crippen LogP contribution >= 0.6 is 0 Å². The summed E-state index contributed by atoms with van der Waals surface area (Å²) >= 11 is 0. The summed E-state index contributed by atoms with van der Waals surface area (Å²) in [6.07, 6.45) is 1.83. The molecule has 0 bridgehead atoms. The van der Waals surface area contributed by atoms with Gasteiger partial charge >= 0.3 is 0 Å². The van der Waals surface area contributed by atoms with E-state index in [1.54, 1.807) is 42.5 Å². The maximum atomic E-state index is 12.5. The maximum absolute atomic E-state index is 12.5. The molecule has 8 heteroatoms. The molecule has 1 amide bonds. The van der Waals surface area contributed by atoms with E-state index in [-0.39, 0.29) is 11.7 Å². The lowest BCUT2D eigenvalue weighted by atomic mass is 10.1. The second-order valence-corrected chi connectivity index (χ2v) is 8.84. The minimum Gasteiger partial charge on any atom is -0.486 e. The Morgan fingerprint density at radius 3 is 2.36 bits per heavy atom. The van der Waals surface area contributed by atoms with Crippen molar-refractivity contribution < 1.29 is 22.7 Å². The molecule has 0 radical (unpaired) electrons. The Hall–Kier alpha value is -2.58. The average Bonchev–Trinajstić information content (AvgIpc) is 3.24. The Balaban J connectivity index is 1.41. The molecule has 7 nitrogen and oxygen atoms in total. The van der Waals surface area contributed by atoms with E-state index in [2.05, 4.69) is 5.32 Å². The van der Waals surface area contributed by atoms with E-state index in [4.69, 9.17) is 9.47 Å². The summed E-state index contributed by atoms with van der Waals surface area (Å²) in [5.41, 5.74) is 1.73. The van der Waals surface area contributed by atoms with Crippen LogP contribution in [0.4, 0.5) is 5.69 Å². The van der Waals surface area contributed by atoms with Crippen molar-refractivity contribution in [3.63, 3.8) is 0 Å². The van der Waals surface area contributed by atoms with E-state index in [1.807, 2.05) is 0 Å². The van der Waals surface area contributed by atoms with Gasteiger partial charge in [0.05, 0.1) is 5.75 Å². The highest BCUT2D eigenvalue weighted by Crippen LogP contribution is 2.32. The van der Waals surface area contributed by atoms with E-state index < -0.39 is 10.0 Å². The summed E-state index contributed by atoms with van der Waals surface area (Å²) in [4.78, 5) is 12.5. The Morgan fingerprint density at radius 1 is 0.964 bits per heavy atom. The summed E-state index contributed by atoms with van der Waals surface area (Å²) in [6.45, 7) is 2.18. The molecular weight excluding hydrogens is 380 g/mol. The fourth-order valence-corrected chi connectivity index (χ4v) is 4.96. The Kier molecular flexibility index (Phi) is 5.23. The monoisotopic (exact) mass is 402 g/mol. The average molecular weight is 402 g/mol. The van der Waals surface area contributed by atoms with Crippen LogP contribution in [0.25, 0.3) is 0 Å². The normalized spacial score (nSPS) is 16.7. The lowest BCUT2D eigenvalue weighted by molar-refractivity contribution is 0.102. The highest BCUT2D eigenvalue weighted by Gasteiger charge is 2.25. The smallest absolute Gasteiger partial charge is 0.255 e. The zero-order valence-electron chi connectivity index (χ0n) is 15.4. The number of fused-ring (bicyclic) bond motifs is 1. The summed E-state index contributed by atoms with van der Waals surface area (Å²) in [5.74, 6) is 0.946. The molecule has 2 aromatic carbocycles. The fraction of sp³-hybridized carbons (Fsp3) is 0.350. The number of benzene rings is 2. The minimum atomic E-state index is -3.30. The second kappa shape index (κ2) is 7.81. The zero-order valence-corrected chi connectivity index (χ0v) is 16.2. The molecule has 1 saturated heterocycles. The summed E-state index contributed by atoms with van der Waals surface area (Å²) in [5, 5.41) is 2.82. The number of carbonyl (C=O) groups excluding carboxylic acids is 1. The number of nitrogens with one attached hydrogen (secondary N) is 1. The molecule has 2 aliphatic heterocycles. The first-order chi connectivity index (χ1) is 13.5. The molecule has 0 saturated carbocycles. The van der Waals surface area contributed by atoms with Crippen molar-refractivity contribution in [2.75, 3.05) is 31.6 Å². The molecule has 0 atom stereocenters. The van der Waals surface area contributed by atoms with E-state index >= 15 is 0 Å². The number of nitrogens with zero attached hydrogens (tertiary/aromatic N) is 1. The van der Waals surface area contributed by atoms with E-state index in [0.29, 0.717) is 54.6 Å². The standard InChI is InChI=1S/C20H22N2O5S/c23-20(21-17-7-8-18-19(13-17)27-12-11-26-18)16-5-3-15(4-6-16)14-28(24,25)22-9-1-2-10-22/h3-8,13H,1-2,9-12,14H2,(H,21,23). The van der Waals surface area contributed by atoms with Crippen molar-refractivity contribution >= 4 is 21.6 Å². The highest BCUT2D eigenvalue weighted by molar-refractivity contribution is 7.88. The van der Waals surface area contributed by atoms with E-state index in [9.17, 15) is 13.2 Å². The van der Waals surface area contributed by atoms with Crippen LogP contribution < -0.4 is 14.8 Å². The third-order valence-electron chi connectivity index (χ3n) is 4.82. The maximum Gasteiger partial charge on any atom is 0.255 e. The second-order valence-electron chi connectivity index (χ2n) is 6.87. The van der Waals surface area contributed by atoms with Gasteiger partial charge in [0.1, 0.15) is 13.2 Å². The molecule has 2 heterocycles. The number of ether oxygens (including phenoxy) is 2. The molecular formula is C20H22N2O5S. The third kappa shape index (κ3) is 4.13. The number of anilines is 1. The van der Waals surface area contributed by atoms with Gasteiger partial charge < -0.3 is 14.8 Å². The van der Waals surface area contributed by atoms with E-state index in [0.717, 1.165) is 12.8 Å². The number of carbonyl (C=O) groups is 1. The van der Waals surface area contributed by atoms with Gasteiger partial charge in [0.25, 0.3) is 5.91 Å². The van der Waals surface area contributed by atoms with Crippen LogP contribution in [0.1, 0.15) is 28.8 Å². The molecule has 28 heavy (non-hydrogen) atoms. The Labute approximate surface area is 164 Å². The number of hydrogen-bond donors (Lipinski definition) is 1. The molecule has 2 aliphatic rings. The molecule has 1 N–H and O–H groups in total. The fourth-order valence-electron chi connectivity index (χ4n) is 3.34. The quantitative estimate of drug-likeness (QED) is 0.831. The minimum absolute atomic E-state index is 0.0446. The number of amides is 1. The predicted octanol–water partition coefficient (Wildman–Crippen LogP) is 2.64. The van der Waals surface area contributed by atoms with Crippen LogP contribution in [0.5, 0.6) is 11.5 Å².